The first-order valence-electron chi connectivity index (χ1n) is 11.6. The summed E-state index contributed by atoms with van der Waals surface area (Å²) < 4.78 is 10.4. The van der Waals surface area contributed by atoms with Gasteiger partial charge in [-0.15, -0.1) is 11.3 Å². The zero-order valence-corrected chi connectivity index (χ0v) is 20.3. The third-order valence-electron chi connectivity index (χ3n) is 5.45. The van der Waals surface area contributed by atoms with Gasteiger partial charge in [-0.05, 0) is 56.7 Å². The van der Waals surface area contributed by atoms with E-state index in [1.54, 1.807) is 37.3 Å². The molecule has 34 heavy (non-hydrogen) atoms. The number of benzene rings is 1. The number of hydrogen-bond acceptors (Lipinski definition) is 7. The van der Waals surface area contributed by atoms with Gasteiger partial charge in [0, 0.05) is 10.4 Å². The van der Waals surface area contributed by atoms with E-state index in [1.165, 1.54) is 11.3 Å². The van der Waals surface area contributed by atoms with E-state index in [-0.39, 0.29) is 12.5 Å². The average molecular weight is 487 g/mol. The van der Waals surface area contributed by atoms with Crippen LogP contribution in [0.5, 0.6) is 0 Å². The van der Waals surface area contributed by atoms with Gasteiger partial charge in [0.2, 0.25) is 0 Å². The summed E-state index contributed by atoms with van der Waals surface area (Å²) in [5, 5.41) is 5.81. The van der Waals surface area contributed by atoms with Crippen LogP contribution in [-0.2, 0) is 31.9 Å². The van der Waals surface area contributed by atoms with Crippen molar-refractivity contribution in [1.29, 1.82) is 0 Å². The number of aryl methyl sites for hydroxylation is 1. The SMILES string of the molecule is CCC[C@@H](NC(=O)c1ccccc1)C(=O)OCC(=O)Nc1sc2c(c1C(=O)OCC)CCCC2. The van der Waals surface area contributed by atoms with Crippen LogP contribution in [0.15, 0.2) is 30.3 Å². The molecule has 0 fully saturated rings. The van der Waals surface area contributed by atoms with E-state index in [2.05, 4.69) is 10.6 Å². The maximum Gasteiger partial charge on any atom is 0.341 e. The number of ether oxygens (including phenoxy) is 2. The molecule has 2 amide bonds. The number of rotatable bonds is 10. The fourth-order valence-corrected chi connectivity index (χ4v) is 5.14. The second-order valence-corrected chi connectivity index (χ2v) is 9.08. The maximum absolute atomic E-state index is 12.6. The van der Waals surface area contributed by atoms with Crippen LogP contribution in [0.2, 0.25) is 0 Å². The van der Waals surface area contributed by atoms with Gasteiger partial charge in [0.25, 0.3) is 11.8 Å². The number of fused-ring (bicyclic) bond motifs is 1. The highest BCUT2D eigenvalue weighted by Gasteiger charge is 2.28. The Morgan fingerprint density at radius 3 is 2.47 bits per heavy atom. The topological polar surface area (TPSA) is 111 Å². The number of anilines is 1. The van der Waals surface area contributed by atoms with Gasteiger partial charge in [0.05, 0.1) is 12.2 Å². The lowest BCUT2D eigenvalue weighted by Gasteiger charge is -2.17. The molecule has 1 heterocycles. The van der Waals surface area contributed by atoms with Crippen LogP contribution in [0.25, 0.3) is 0 Å². The summed E-state index contributed by atoms with van der Waals surface area (Å²) in [6.45, 7) is 3.34. The Morgan fingerprint density at radius 2 is 1.76 bits per heavy atom. The molecule has 2 aromatic rings. The Morgan fingerprint density at radius 1 is 1.03 bits per heavy atom. The highest BCUT2D eigenvalue weighted by molar-refractivity contribution is 7.17. The number of carbonyl (C=O) groups excluding carboxylic acids is 4. The van der Waals surface area contributed by atoms with Crippen LogP contribution in [0.3, 0.4) is 0 Å². The number of esters is 2. The first-order valence-corrected chi connectivity index (χ1v) is 12.4. The Bertz CT molecular complexity index is 1030. The van der Waals surface area contributed by atoms with E-state index in [9.17, 15) is 19.2 Å². The van der Waals surface area contributed by atoms with Crippen molar-refractivity contribution < 1.29 is 28.7 Å². The van der Waals surface area contributed by atoms with E-state index in [4.69, 9.17) is 9.47 Å². The van der Waals surface area contributed by atoms with Gasteiger partial charge < -0.3 is 20.1 Å². The smallest absolute Gasteiger partial charge is 0.341 e. The minimum atomic E-state index is -0.866. The molecule has 9 heteroatoms. The summed E-state index contributed by atoms with van der Waals surface area (Å²) in [4.78, 5) is 51.2. The molecule has 2 N–H and O–H groups in total. The lowest BCUT2D eigenvalue weighted by atomic mass is 9.95. The number of carbonyl (C=O) groups is 4. The van der Waals surface area contributed by atoms with Crippen molar-refractivity contribution in [3.8, 4) is 0 Å². The molecule has 1 aliphatic rings. The third-order valence-corrected chi connectivity index (χ3v) is 6.66. The lowest BCUT2D eigenvalue weighted by Crippen LogP contribution is -2.42. The molecule has 0 bridgehead atoms. The summed E-state index contributed by atoms with van der Waals surface area (Å²) in [7, 11) is 0. The predicted octanol–water partition coefficient (Wildman–Crippen LogP) is 3.88. The van der Waals surface area contributed by atoms with Crippen molar-refractivity contribution >= 4 is 40.1 Å². The molecule has 0 unspecified atom stereocenters. The van der Waals surface area contributed by atoms with Crippen LogP contribution in [0.1, 0.15) is 70.7 Å². The Kier molecular flexibility index (Phi) is 9.21. The minimum absolute atomic E-state index is 0.238. The van der Waals surface area contributed by atoms with Crippen LogP contribution >= 0.6 is 11.3 Å². The average Bonchev–Trinajstić information content (AvgIpc) is 3.20. The molecule has 0 spiro atoms. The number of nitrogens with one attached hydrogen (secondary N) is 2. The van der Waals surface area contributed by atoms with E-state index in [1.807, 2.05) is 6.92 Å². The molecule has 0 saturated carbocycles. The van der Waals surface area contributed by atoms with E-state index < -0.39 is 30.5 Å². The monoisotopic (exact) mass is 486 g/mol. The van der Waals surface area contributed by atoms with Gasteiger partial charge >= 0.3 is 11.9 Å². The lowest BCUT2D eigenvalue weighted by molar-refractivity contribution is -0.149. The number of hydrogen-bond donors (Lipinski definition) is 2. The van der Waals surface area contributed by atoms with Gasteiger partial charge in [0.15, 0.2) is 6.61 Å². The minimum Gasteiger partial charge on any atom is -0.462 e. The molecule has 0 radical (unpaired) electrons. The van der Waals surface area contributed by atoms with Gasteiger partial charge in [-0.3, -0.25) is 9.59 Å². The van der Waals surface area contributed by atoms with E-state index in [0.29, 0.717) is 29.0 Å². The van der Waals surface area contributed by atoms with Gasteiger partial charge in [-0.25, -0.2) is 9.59 Å². The molecule has 0 saturated heterocycles. The molecule has 1 aromatic carbocycles. The fourth-order valence-electron chi connectivity index (χ4n) is 3.84. The Labute approximate surface area is 203 Å². The summed E-state index contributed by atoms with van der Waals surface area (Å²) in [6, 6.07) is 7.70. The fraction of sp³-hybridized carbons (Fsp3) is 0.440. The van der Waals surface area contributed by atoms with Crippen molar-refractivity contribution in [2.75, 3.05) is 18.5 Å². The maximum atomic E-state index is 12.6. The predicted molar refractivity (Wildman–Crippen MR) is 129 cm³/mol. The summed E-state index contributed by atoms with van der Waals surface area (Å²) in [6.07, 6.45) is 4.67. The summed E-state index contributed by atoms with van der Waals surface area (Å²) >= 11 is 1.37. The molecule has 1 atom stereocenters. The molecule has 182 valence electrons. The highest BCUT2D eigenvalue weighted by Crippen LogP contribution is 2.38. The van der Waals surface area contributed by atoms with Crippen molar-refractivity contribution in [3.63, 3.8) is 0 Å². The number of thiophene rings is 1. The van der Waals surface area contributed by atoms with E-state index >= 15 is 0 Å². The molecule has 3 rings (SSSR count). The van der Waals surface area contributed by atoms with Crippen LogP contribution in [0.4, 0.5) is 5.00 Å². The first-order chi connectivity index (χ1) is 16.4. The summed E-state index contributed by atoms with van der Waals surface area (Å²) in [5.74, 6) is -2.08. The second-order valence-electron chi connectivity index (χ2n) is 7.97. The van der Waals surface area contributed by atoms with Crippen LogP contribution in [0, 0.1) is 0 Å². The van der Waals surface area contributed by atoms with Gasteiger partial charge in [-0.2, -0.15) is 0 Å². The number of amides is 2. The zero-order chi connectivity index (χ0) is 24.5. The molecule has 0 aliphatic heterocycles. The molecule has 1 aliphatic carbocycles. The normalized spacial score (nSPS) is 13.4. The summed E-state index contributed by atoms with van der Waals surface area (Å²) in [5.41, 5.74) is 1.77. The van der Waals surface area contributed by atoms with Crippen molar-refractivity contribution in [2.24, 2.45) is 0 Å². The largest absolute Gasteiger partial charge is 0.462 e. The van der Waals surface area contributed by atoms with Gasteiger partial charge in [-0.1, -0.05) is 31.5 Å². The Hall–Kier alpha value is -3.20. The first kappa shape index (κ1) is 25.4. The molecular weight excluding hydrogens is 456 g/mol. The zero-order valence-electron chi connectivity index (χ0n) is 19.5. The Balaban J connectivity index is 1.62. The van der Waals surface area contributed by atoms with E-state index in [0.717, 1.165) is 36.1 Å². The van der Waals surface area contributed by atoms with Crippen molar-refractivity contribution in [1.82, 2.24) is 5.32 Å². The second kappa shape index (κ2) is 12.3. The van der Waals surface area contributed by atoms with Crippen LogP contribution < -0.4 is 10.6 Å². The highest BCUT2D eigenvalue weighted by atomic mass is 32.1. The third kappa shape index (κ3) is 6.44. The van der Waals surface area contributed by atoms with Crippen molar-refractivity contribution in [2.45, 2.75) is 58.4 Å². The quantitative estimate of drug-likeness (QED) is 0.493. The standard InChI is InChI=1S/C25H30N2O6S/c1-3-10-18(26-22(29)16-11-6-5-7-12-16)24(30)33-15-20(28)27-23-21(25(31)32-4-2)17-13-8-9-14-19(17)34-23/h5-7,11-12,18H,3-4,8-10,13-15H2,1-2H3,(H,26,29)(H,27,28)/t18-/m1/s1. The van der Waals surface area contributed by atoms with Crippen LogP contribution in [-0.4, -0.2) is 43.0 Å². The molecule has 8 nitrogen and oxygen atoms in total. The molecular formula is C25H30N2O6S. The van der Waals surface area contributed by atoms with Gasteiger partial charge in [0.1, 0.15) is 11.0 Å². The molecule has 1 aromatic heterocycles. The van der Waals surface area contributed by atoms with Crippen molar-refractivity contribution in [3.05, 3.63) is 51.9 Å².